The minimum absolute atomic E-state index is 0.367. The molecule has 0 saturated carbocycles. The van der Waals surface area contributed by atoms with Crippen LogP contribution in [-0.2, 0) is 4.79 Å². The van der Waals surface area contributed by atoms with Crippen molar-refractivity contribution in [1.82, 2.24) is 5.32 Å². The highest BCUT2D eigenvalue weighted by Crippen LogP contribution is 2.18. The Bertz CT molecular complexity index is 898. The Labute approximate surface area is 387 Å². The van der Waals surface area contributed by atoms with E-state index in [1.54, 1.807) is 0 Å². The minimum Gasteiger partial charge on any atom is -0.394 e. The molecule has 0 fully saturated rings. The van der Waals surface area contributed by atoms with Crippen molar-refractivity contribution in [3.05, 3.63) is 12.2 Å². The fourth-order valence-corrected chi connectivity index (χ4v) is 9.05. The zero-order chi connectivity index (χ0) is 45.2. The van der Waals surface area contributed by atoms with Gasteiger partial charge in [-0.15, -0.1) is 0 Å². The SMILES string of the molecule is CCCCCCCCCCCCCC/C=C\CCCCCCCCCC(O)C(=O)NC(CO)C(O)C(O)CCCCCCCCCCCCCCCCCCCCCCCCC. The van der Waals surface area contributed by atoms with Crippen molar-refractivity contribution in [2.75, 3.05) is 6.61 Å². The van der Waals surface area contributed by atoms with E-state index in [0.717, 1.165) is 38.5 Å². The number of carbonyl (C=O) groups is 1. The molecule has 5 N–H and O–H groups in total. The van der Waals surface area contributed by atoms with Crippen LogP contribution in [0.4, 0.5) is 0 Å². The monoisotopic (exact) mass is 878 g/mol. The molecule has 1 amide bonds. The highest BCUT2D eigenvalue weighted by molar-refractivity contribution is 5.80. The van der Waals surface area contributed by atoms with Gasteiger partial charge >= 0.3 is 0 Å². The highest BCUT2D eigenvalue weighted by Gasteiger charge is 2.28. The van der Waals surface area contributed by atoms with Crippen molar-refractivity contribution >= 4 is 5.91 Å². The van der Waals surface area contributed by atoms with Crippen molar-refractivity contribution in [2.45, 2.75) is 334 Å². The van der Waals surface area contributed by atoms with E-state index in [-0.39, 0.29) is 0 Å². The summed E-state index contributed by atoms with van der Waals surface area (Å²) in [7, 11) is 0. The number of unbranched alkanes of at least 4 members (excludes halogenated alkanes) is 41. The van der Waals surface area contributed by atoms with Crippen LogP contribution >= 0.6 is 0 Å². The van der Waals surface area contributed by atoms with Gasteiger partial charge in [-0.25, -0.2) is 0 Å². The molecule has 0 saturated heterocycles. The molecule has 4 atom stereocenters. The predicted octanol–water partition coefficient (Wildman–Crippen LogP) is 16.1. The predicted molar refractivity (Wildman–Crippen MR) is 270 cm³/mol. The highest BCUT2D eigenvalue weighted by atomic mass is 16.3. The fourth-order valence-electron chi connectivity index (χ4n) is 9.05. The van der Waals surface area contributed by atoms with E-state index in [1.807, 2.05) is 0 Å². The number of nitrogens with one attached hydrogen (secondary N) is 1. The van der Waals surface area contributed by atoms with Crippen LogP contribution in [0, 0.1) is 0 Å². The maximum absolute atomic E-state index is 12.6. The van der Waals surface area contributed by atoms with Crippen molar-refractivity contribution < 1.29 is 25.2 Å². The standard InChI is InChI=1S/C56H111NO5/c1-3-5-7-9-11-13-15-17-19-21-23-25-27-29-31-33-35-37-39-41-43-45-47-49-53(59)55(61)52(51-58)57-56(62)54(60)50-48-46-44-42-40-38-36-34-32-30-28-26-24-22-20-18-16-14-12-10-8-6-4-2/h30,32,52-55,58-61H,3-29,31,33-51H2,1-2H3,(H,57,62)/b32-30-. The summed E-state index contributed by atoms with van der Waals surface area (Å²) in [6.45, 7) is 4.09. The Kier molecular flexibility index (Phi) is 50.3. The molecule has 0 spiro atoms. The lowest BCUT2D eigenvalue weighted by molar-refractivity contribution is -0.132. The number of amides is 1. The molecule has 0 aliphatic heterocycles. The molecule has 0 aromatic rings. The molecule has 0 aliphatic rings. The van der Waals surface area contributed by atoms with E-state index in [2.05, 4.69) is 31.3 Å². The third kappa shape index (κ3) is 44.3. The Balaban J connectivity index is 3.62. The lowest BCUT2D eigenvalue weighted by atomic mass is 9.99. The van der Waals surface area contributed by atoms with Crippen molar-refractivity contribution in [2.24, 2.45) is 0 Å². The lowest BCUT2D eigenvalue weighted by Crippen LogP contribution is -2.53. The number of carbonyl (C=O) groups excluding carboxylic acids is 1. The van der Waals surface area contributed by atoms with E-state index in [1.165, 1.54) is 244 Å². The minimum atomic E-state index is -1.26. The zero-order valence-corrected chi connectivity index (χ0v) is 41.9. The number of allylic oxidation sites excluding steroid dienone is 2. The van der Waals surface area contributed by atoms with Gasteiger partial charge in [0, 0.05) is 0 Å². The van der Waals surface area contributed by atoms with Gasteiger partial charge in [-0.05, 0) is 38.5 Å². The van der Waals surface area contributed by atoms with Gasteiger partial charge in [-0.3, -0.25) is 4.79 Å². The van der Waals surface area contributed by atoms with E-state index in [0.29, 0.717) is 12.8 Å². The van der Waals surface area contributed by atoms with Crippen LogP contribution < -0.4 is 5.32 Å². The van der Waals surface area contributed by atoms with Crippen molar-refractivity contribution in [3.8, 4) is 0 Å². The molecule has 0 aromatic carbocycles. The summed E-state index contributed by atoms with van der Waals surface area (Å²) in [5.41, 5.74) is 0. The Morgan fingerprint density at radius 2 is 0.645 bits per heavy atom. The Morgan fingerprint density at radius 1 is 0.387 bits per heavy atom. The van der Waals surface area contributed by atoms with Crippen LogP contribution in [0.15, 0.2) is 12.2 Å². The lowest BCUT2D eigenvalue weighted by Gasteiger charge is -2.27. The van der Waals surface area contributed by atoms with Gasteiger partial charge in [0.1, 0.15) is 12.2 Å². The van der Waals surface area contributed by atoms with E-state index < -0.39 is 36.9 Å². The average Bonchev–Trinajstić information content (AvgIpc) is 3.28. The van der Waals surface area contributed by atoms with Gasteiger partial charge in [0.15, 0.2) is 0 Å². The summed E-state index contributed by atoms with van der Waals surface area (Å²) >= 11 is 0. The second-order valence-electron chi connectivity index (χ2n) is 19.6. The molecule has 370 valence electrons. The number of aliphatic hydroxyl groups is 4. The first kappa shape index (κ1) is 61.0. The Morgan fingerprint density at radius 3 is 0.935 bits per heavy atom. The summed E-state index contributed by atoms with van der Waals surface area (Å²) in [4.78, 5) is 12.6. The molecule has 6 heteroatoms. The zero-order valence-electron chi connectivity index (χ0n) is 41.9. The molecular weight excluding hydrogens is 767 g/mol. The number of hydrogen-bond donors (Lipinski definition) is 5. The molecule has 62 heavy (non-hydrogen) atoms. The number of aliphatic hydroxyl groups excluding tert-OH is 4. The topological polar surface area (TPSA) is 110 Å². The van der Waals surface area contributed by atoms with E-state index in [9.17, 15) is 25.2 Å². The van der Waals surface area contributed by atoms with Gasteiger partial charge < -0.3 is 25.7 Å². The summed E-state index contributed by atoms with van der Waals surface area (Å²) < 4.78 is 0. The molecule has 0 aliphatic carbocycles. The average molecular weight is 879 g/mol. The molecule has 0 bridgehead atoms. The maximum Gasteiger partial charge on any atom is 0.249 e. The van der Waals surface area contributed by atoms with Gasteiger partial charge in [-0.2, -0.15) is 0 Å². The largest absolute Gasteiger partial charge is 0.394 e. The normalized spacial score (nSPS) is 13.8. The first-order valence-corrected chi connectivity index (χ1v) is 28.1. The molecule has 4 unspecified atom stereocenters. The molecule has 0 aromatic heterocycles. The summed E-state index contributed by atoms with van der Waals surface area (Å²) in [5, 5.41) is 44.0. The second kappa shape index (κ2) is 51.0. The summed E-state index contributed by atoms with van der Waals surface area (Å²) in [6.07, 6.45) is 59.9. The third-order valence-electron chi connectivity index (χ3n) is 13.5. The fraction of sp³-hybridized carbons (Fsp3) is 0.946. The maximum atomic E-state index is 12.6. The van der Waals surface area contributed by atoms with Gasteiger partial charge in [0.05, 0.1) is 18.8 Å². The van der Waals surface area contributed by atoms with E-state index in [4.69, 9.17) is 0 Å². The van der Waals surface area contributed by atoms with Crippen LogP contribution in [0.1, 0.15) is 309 Å². The van der Waals surface area contributed by atoms with Gasteiger partial charge in [0.25, 0.3) is 0 Å². The van der Waals surface area contributed by atoms with Gasteiger partial charge in [0.2, 0.25) is 5.91 Å². The van der Waals surface area contributed by atoms with Crippen LogP contribution in [0.3, 0.4) is 0 Å². The first-order valence-electron chi connectivity index (χ1n) is 28.1. The van der Waals surface area contributed by atoms with Gasteiger partial charge in [-0.1, -0.05) is 283 Å². The van der Waals surface area contributed by atoms with Crippen LogP contribution in [-0.4, -0.2) is 57.3 Å². The Hall–Kier alpha value is -0.950. The molecule has 0 radical (unpaired) electrons. The van der Waals surface area contributed by atoms with Crippen molar-refractivity contribution in [1.29, 1.82) is 0 Å². The third-order valence-corrected chi connectivity index (χ3v) is 13.5. The first-order chi connectivity index (χ1) is 30.5. The van der Waals surface area contributed by atoms with Crippen LogP contribution in [0.5, 0.6) is 0 Å². The summed E-state index contributed by atoms with van der Waals surface area (Å²) in [6, 6.07) is -0.985. The molecule has 6 nitrogen and oxygen atoms in total. The number of rotatable bonds is 52. The molecule has 0 rings (SSSR count). The van der Waals surface area contributed by atoms with Crippen LogP contribution in [0.2, 0.25) is 0 Å². The van der Waals surface area contributed by atoms with Crippen LogP contribution in [0.25, 0.3) is 0 Å². The second-order valence-corrected chi connectivity index (χ2v) is 19.6. The molecular formula is C56H111NO5. The quantitative estimate of drug-likeness (QED) is 0.0309. The molecule has 0 heterocycles. The number of hydrogen-bond acceptors (Lipinski definition) is 5. The summed E-state index contributed by atoms with van der Waals surface area (Å²) in [5.74, 6) is -0.582. The van der Waals surface area contributed by atoms with Crippen molar-refractivity contribution in [3.63, 3.8) is 0 Å². The van der Waals surface area contributed by atoms with E-state index >= 15 is 0 Å². The smallest absolute Gasteiger partial charge is 0.249 e.